The summed E-state index contributed by atoms with van der Waals surface area (Å²) in [5.41, 5.74) is 1.19. The summed E-state index contributed by atoms with van der Waals surface area (Å²) in [6.07, 6.45) is 0.709. The largest absolute Gasteiger partial charge is 0.339 e. The molecule has 1 heterocycles. The minimum absolute atomic E-state index is 0.318. The zero-order valence-electron chi connectivity index (χ0n) is 8.97. The van der Waals surface area contributed by atoms with Crippen LogP contribution < -0.4 is 0 Å². The smallest absolute Gasteiger partial charge is 0.231 e. The van der Waals surface area contributed by atoms with Gasteiger partial charge in [0.05, 0.1) is 6.42 Å². The molecule has 1 aromatic heterocycles. The molecule has 2 rings (SSSR count). The fourth-order valence-corrected chi connectivity index (χ4v) is 1.34. The van der Waals surface area contributed by atoms with E-state index >= 15 is 0 Å². The summed E-state index contributed by atoms with van der Waals surface area (Å²) in [4.78, 5) is 4.33. The van der Waals surface area contributed by atoms with Gasteiger partial charge in [0.1, 0.15) is 0 Å². The molecular formula is C12H14N2O. The van der Waals surface area contributed by atoms with Gasteiger partial charge in [0, 0.05) is 5.92 Å². The van der Waals surface area contributed by atoms with Gasteiger partial charge in [-0.15, -0.1) is 0 Å². The van der Waals surface area contributed by atoms with E-state index in [0.29, 0.717) is 18.2 Å². The highest BCUT2D eigenvalue weighted by Crippen LogP contribution is 2.12. The summed E-state index contributed by atoms with van der Waals surface area (Å²) >= 11 is 0. The number of hydrogen-bond acceptors (Lipinski definition) is 3. The molecule has 0 N–H and O–H groups in total. The quantitative estimate of drug-likeness (QED) is 0.768. The monoisotopic (exact) mass is 202 g/mol. The maximum absolute atomic E-state index is 5.17. The molecule has 1 aromatic carbocycles. The first-order valence-corrected chi connectivity index (χ1v) is 5.12. The van der Waals surface area contributed by atoms with Crippen molar-refractivity contribution < 1.29 is 4.52 Å². The third-order valence-electron chi connectivity index (χ3n) is 2.20. The molecule has 0 atom stereocenters. The minimum atomic E-state index is 0.318. The predicted octanol–water partition coefficient (Wildman–Crippen LogP) is 2.78. The van der Waals surface area contributed by atoms with E-state index in [1.165, 1.54) is 5.56 Å². The summed E-state index contributed by atoms with van der Waals surface area (Å²) in [5, 5.41) is 3.93. The Morgan fingerprint density at radius 2 is 1.93 bits per heavy atom. The highest BCUT2D eigenvalue weighted by molar-refractivity contribution is 5.18. The fraction of sp³-hybridized carbons (Fsp3) is 0.333. The number of benzene rings is 1. The van der Waals surface area contributed by atoms with Crippen molar-refractivity contribution in [2.45, 2.75) is 26.2 Å². The maximum Gasteiger partial charge on any atom is 0.231 e. The van der Waals surface area contributed by atoms with Crippen molar-refractivity contribution >= 4 is 0 Å². The normalized spacial score (nSPS) is 10.9. The molecule has 3 nitrogen and oxygen atoms in total. The first kappa shape index (κ1) is 9.90. The van der Waals surface area contributed by atoms with Crippen LogP contribution in [0.15, 0.2) is 34.9 Å². The molecule has 0 spiro atoms. The molecule has 0 aliphatic carbocycles. The fourth-order valence-electron chi connectivity index (χ4n) is 1.34. The standard InChI is InChI=1S/C12H14N2O/c1-9(2)12-13-11(15-14-12)8-10-6-4-3-5-7-10/h3-7,9H,8H2,1-2H3. The molecule has 0 aliphatic rings. The van der Waals surface area contributed by atoms with Gasteiger partial charge in [0.15, 0.2) is 5.82 Å². The summed E-state index contributed by atoms with van der Waals surface area (Å²) in [5.74, 6) is 1.78. The second-order valence-electron chi connectivity index (χ2n) is 3.86. The Kier molecular flexibility index (Phi) is 2.81. The first-order valence-electron chi connectivity index (χ1n) is 5.12. The van der Waals surface area contributed by atoms with Crippen molar-refractivity contribution in [2.75, 3.05) is 0 Å². The SMILES string of the molecule is CC(C)c1noc(Cc2ccccc2)n1. The van der Waals surface area contributed by atoms with Gasteiger partial charge in [-0.05, 0) is 5.56 Å². The third-order valence-corrected chi connectivity index (χ3v) is 2.20. The van der Waals surface area contributed by atoms with E-state index in [-0.39, 0.29) is 0 Å². The van der Waals surface area contributed by atoms with Crippen LogP contribution in [0.3, 0.4) is 0 Å². The Morgan fingerprint density at radius 1 is 1.20 bits per heavy atom. The molecular weight excluding hydrogens is 188 g/mol. The van der Waals surface area contributed by atoms with Gasteiger partial charge in [0.25, 0.3) is 0 Å². The van der Waals surface area contributed by atoms with E-state index in [4.69, 9.17) is 4.52 Å². The van der Waals surface area contributed by atoms with Crippen LogP contribution >= 0.6 is 0 Å². The molecule has 15 heavy (non-hydrogen) atoms. The van der Waals surface area contributed by atoms with Crippen LogP contribution in [0, 0.1) is 0 Å². The highest BCUT2D eigenvalue weighted by atomic mass is 16.5. The topological polar surface area (TPSA) is 38.9 Å². The lowest BCUT2D eigenvalue weighted by molar-refractivity contribution is 0.377. The van der Waals surface area contributed by atoms with Crippen molar-refractivity contribution in [2.24, 2.45) is 0 Å². The van der Waals surface area contributed by atoms with Crippen LogP contribution in [0.25, 0.3) is 0 Å². The van der Waals surface area contributed by atoms with Crippen molar-refractivity contribution in [3.8, 4) is 0 Å². The number of aromatic nitrogens is 2. The lowest BCUT2D eigenvalue weighted by Crippen LogP contribution is -1.91. The molecule has 3 heteroatoms. The van der Waals surface area contributed by atoms with Gasteiger partial charge < -0.3 is 4.52 Å². The average molecular weight is 202 g/mol. The van der Waals surface area contributed by atoms with Crippen molar-refractivity contribution in [1.29, 1.82) is 0 Å². The van der Waals surface area contributed by atoms with Gasteiger partial charge in [-0.25, -0.2) is 0 Å². The van der Waals surface area contributed by atoms with Gasteiger partial charge in [-0.2, -0.15) is 4.98 Å². The Hall–Kier alpha value is -1.64. The molecule has 0 bridgehead atoms. The van der Waals surface area contributed by atoms with E-state index in [0.717, 1.165) is 5.82 Å². The average Bonchev–Trinajstić information content (AvgIpc) is 2.68. The van der Waals surface area contributed by atoms with Crippen LogP contribution in [0.4, 0.5) is 0 Å². The Morgan fingerprint density at radius 3 is 2.53 bits per heavy atom. The van der Waals surface area contributed by atoms with E-state index in [9.17, 15) is 0 Å². The lowest BCUT2D eigenvalue weighted by atomic mass is 10.1. The van der Waals surface area contributed by atoms with Crippen LogP contribution in [0.5, 0.6) is 0 Å². The summed E-state index contributed by atoms with van der Waals surface area (Å²) in [7, 11) is 0. The van der Waals surface area contributed by atoms with Crippen molar-refractivity contribution in [1.82, 2.24) is 10.1 Å². The molecule has 0 unspecified atom stereocenters. The molecule has 78 valence electrons. The van der Waals surface area contributed by atoms with Gasteiger partial charge in [-0.1, -0.05) is 49.3 Å². The van der Waals surface area contributed by atoms with Gasteiger partial charge in [-0.3, -0.25) is 0 Å². The zero-order valence-corrected chi connectivity index (χ0v) is 8.97. The summed E-state index contributed by atoms with van der Waals surface area (Å²) < 4.78 is 5.17. The Bertz CT molecular complexity index is 420. The van der Waals surface area contributed by atoms with Crippen LogP contribution in [0.2, 0.25) is 0 Å². The predicted molar refractivity (Wildman–Crippen MR) is 57.6 cm³/mol. The molecule has 0 saturated carbocycles. The maximum atomic E-state index is 5.17. The number of hydrogen-bond donors (Lipinski definition) is 0. The number of nitrogens with zero attached hydrogens (tertiary/aromatic N) is 2. The molecule has 2 aromatic rings. The molecule has 0 fully saturated rings. The van der Waals surface area contributed by atoms with Gasteiger partial charge >= 0.3 is 0 Å². The molecule has 0 aliphatic heterocycles. The zero-order chi connectivity index (χ0) is 10.7. The lowest BCUT2D eigenvalue weighted by Gasteiger charge is -1.94. The van der Waals surface area contributed by atoms with Crippen LogP contribution in [-0.4, -0.2) is 10.1 Å². The Labute approximate surface area is 89.1 Å². The summed E-state index contributed by atoms with van der Waals surface area (Å²) in [6, 6.07) is 10.1. The second-order valence-corrected chi connectivity index (χ2v) is 3.86. The van der Waals surface area contributed by atoms with Crippen molar-refractivity contribution in [3.63, 3.8) is 0 Å². The highest BCUT2D eigenvalue weighted by Gasteiger charge is 2.09. The Balaban J connectivity index is 2.12. The van der Waals surface area contributed by atoms with E-state index in [1.54, 1.807) is 0 Å². The van der Waals surface area contributed by atoms with E-state index < -0.39 is 0 Å². The third kappa shape index (κ3) is 2.43. The molecule has 0 radical (unpaired) electrons. The minimum Gasteiger partial charge on any atom is -0.339 e. The van der Waals surface area contributed by atoms with Crippen molar-refractivity contribution in [3.05, 3.63) is 47.6 Å². The van der Waals surface area contributed by atoms with E-state index in [1.807, 2.05) is 18.2 Å². The molecule has 0 amide bonds. The first-order chi connectivity index (χ1) is 7.25. The molecule has 0 saturated heterocycles. The number of rotatable bonds is 3. The van der Waals surface area contributed by atoms with Gasteiger partial charge in [0.2, 0.25) is 5.89 Å². The second kappa shape index (κ2) is 4.26. The summed E-state index contributed by atoms with van der Waals surface area (Å²) in [6.45, 7) is 4.11. The van der Waals surface area contributed by atoms with E-state index in [2.05, 4.69) is 36.1 Å². The van der Waals surface area contributed by atoms with Crippen LogP contribution in [0.1, 0.15) is 37.0 Å². The van der Waals surface area contributed by atoms with Crippen LogP contribution in [-0.2, 0) is 6.42 Å².